The lowest BCUT2D eigenvalue weighted by Gasteiger charge is -2.28. The summed E-state index contributed by atoms with van der Waals surface area (Å²) in [5, 5.41) is 4.78. The predicted molar refractivity (Wildman–Crippen MR) is 60.1 cm³/mol. The molecule has 2 N–H and O–H groups in total. The van der Waals surface area contributed by atoms with Gasteiger partial charge in [-0.05, 0) is 25.7 Å². The first kappa shape index (κ1) is 15.2. The molecule has 0 aromatic rings. The second-order valence-electron chi connectivity index (χ2n) is 4.51. The van der Waals surface area contributed by atoms with Crippen molar-refractivity contribution in [3.8, 4) is 0 Å². The maximum Gasteiger partial charge on any atom is 0.405 e. The Balaban J connectivity index is 2.17. The summed E-state index contributed by atoms with van der Waals surface area (Å²) >= 11 is 0. The van der Waals surface area contributed by atoms with Gasteiger partial charge in [-0.1, -0.05) is 0 Å². The second-order valence-corrected chi connectivity index (χ2v) is 4.51. The molecule has 0 bridgehead atoms. The normalized spacial score (nSPS) is 19.6. The Bertz CT molecular complexity index is 266. The van der Waals surface area contributed by atoms with Gasteiger partial charge < -0.3 is 15.4 Å². The van der Waals surface area contributed by atoms with Crippen LogP contribution in [0.3, 0.4) is 0 Å². The molecule has 1 amide bonds. The van der Waals surface area contributed by atoms with E-state index in [-0.39, 0.29) is 12.6 Å². The summed E-state index contributed by atoms with van der Waals surface area (Å²) < 4.78 is 40.8. The van der Waals surface area contributed by atoms with Gasteiger partial charge >= 0.3 is 6.18 Å². The molecule has 4 nitrogen and oxygen atoms in total. The van der Waals surface area contributed by atoms with E-state index in [1.165, 1.54) is 0 Å². The van der Waals surface area contributed by atoms with Gasteiger partial charge in [0.05, 0.1) is 6.54 Å². The molecule has 0 spiro atoms. The van der Waals surface area contributed by atoms with Crippen molar-refractivity contribution in [1.82, 2.24) is 10.6 Å². The van der Waals surface area contributed by atoms with E-state index < -0.39 is 18.6 Å². The van der Waals surface area contributed by atoms with E-state index in [4.69, 9.17) is 4.74 Å². The third-order valence-corrected chi connectivity index (χ3v) is 3.04. The molecule has 1 heterocycles. The molecule has 0 saturated carbocycles. The van der Waals surface area contributed by atoms with Crippen LogP contribution >= 0.6 is 0 Å². The van der Waals surface area contributed by atoms with Gasteiger partial charge in [0, 0.05) is 19.3 Å². The maximum absolute atomic E-state index is 11.9. The number of rotatable bonds is 5. The van der Waals surface area contributed by atoms with Crippen molar-refractivity contribution in [3.63, 3.8) is 0 Å². The summed E-state index contributed by atoms with van der Waals surface area (Å²) in [4.78, 5) is 11.2. The van der Waals surface area contributed by atoms with Gasteiger partial charge in [0.25, 0.3) is 0 Å². The van der Waals surface area contributed by atoms with Gasteiger partial charge in [-0.25, -0.2) is 0 Å². The van der Waals surface area contributed by atoms with E-state index in [2.05, 4.69) is 5.32 Å². The molecular weight excluding hydrogens is 249 g/mol. The van der Waals surface area contributed by atoms with Crippen LogP contribution in [0.25, 0.3) is 0 Å². The Morgan fingerprint density at radius 2 is 2.00 bits per heavy atom. The summed E-state index contributed by atoms with van der Waals surface area (Å²) in [6.45, 7) is 1.98. The quantitative estimate of drug-likeness (QED) is 0.784. The fourth-order valence-electron chi connectivity index (χ4n) is 1.90. The average Bonchev–Trinajstić information content (AvgIpc) is 2.33. The molecule has 1 atom stereocenters. The first-order valence-electron chi connectivity index (χ1n) is 6.03. The number of hydrogen-bond acceptors (Lipinski definition) is 3. The summed E-state index contributed by atoms with van der Waals surface area (Å²) in [5.74, 6) is -0.222. The number of carbonyl (C=O) groups excluding carboxylic acids is 1. The number of amides is 1. The largest absolute Gasteiger partial charge is 0.405 e. The Hall–Kier alpha value is -0.820. The fourth-order valence-corrected chi connectivity index (χ4v) is 1.90. The zero-order valence-corrected chi connectivity index (χ0v) is 10.3. The highest BCUT2D eigenvalue weighted by atomic mass is 19.4. The molecule has 18 heavy (non-hydrogen) atoms. The molecule has 106 valence electrons. The summed E-state index contributed by atoms with van der Waals surface area (Å²) in [5.41, 5.74) is 0. The van der Waals surface area contributed by atoms with E-state index in [0.29, 0.717) is 19.1 Å². The van der Waals surface area contributed by atoms with Crippen LogP contribution in [0.5, 0.6) is 0 Å². The molecule has 1 rings (SSSR count). The minimum absolute atomic E-state index is 0.0887. The third kappa shape index (κ3) is 6.20. The van der Waals surface area contributed by atoms with Gasteiger partial charge in [0.15, 0.2) is 0 Å². The zero-order chi connectivity index (χ0) is 13.6. The first-order valence-corrected chi connectivity index (χ1v) is 6.03. The van der Waals surface area contributed by atoms with Crippen molar-refractivity contribution in [1.29, 1.82) is 0 Å². The highest BCUT2D eigenvalue weighted by Crippen LogP contribution is 2.18. The van der Waals surface area contributed by atoms with Crippen molar-refractivity contribution in [2.45, 2.75) is 32.0 Å². The Morgan fingerprint density at radius 3 is 2.56 bits per heavy atom. The van der Waals surface area contributed by atoms with Gasteiger partial charge in [-0.15, -0.1) is 0 Å². The summed E-state index contributed by atoms with van der Waals surface area (Å²) in [6.07, 6.45) is -2.53. The van der Waals surface area contributed by atoms with Crippen LogP contribution in [-0.2, 0) is 9.53 Å². The van der Waals surface area contributed by atoms with E-state index in [0.717, 1.165) is 12.8 Å². The molecule has 0 aromatic carbocycles. The first-order chi connectivity index (χ1) is 8.38. The van der Waals surface area contributed by atoms with Crippen LogP contribution in [0.2, 0.25) is 0 Å². The molecule has 0 aliphatic carbocycles. The average molecular weight is 268 g/mol. The molecular formula is C11H19F3N2O2. The Morgan fingerprint density at radius 1 is 1.39 bits per heavy atom. The predicted octanol–water partition coefficient (Wildman–Crippen LogP) is 1.07. The van der Waals surface area contributed by atoms with Crippen LogP contribution in [0, 0.1) is 5.92 Å². The molecule has 0 radical (unpaired) electrons. The van der Waals surface area contributed by atoms with Crippen molar-refractivity contribution in [2.75, 3.05) is 26.3 Å². The number of carbonyl (C=O) groups is 1. The molecule has 1 aliphatic rings. The van der Waals surface area contributed by atoms with E-state index in [1.54, 1.807) is 0 Å². The van der Waals surface area contributed by atoms with Gasteiger partial charge in [-0.2, -0.15) is 13.2 Å². The van der Waals surface area contributed by atoms with Crippen LogP contribution in [-0.4, -0.2) is 44.4 Å². The topological polar surface area (TPSA) is 50.4 Å². The Labute approximate surface area is 104 Å². The van der Waals surface area contributed by atoms with Crippen molar-refractivity contribution >= 4 is 5.91 Å². The van der Waals surface area contributed by atoms with Crippen LogP contribution in [0.15, 0.2) is 0 Å². The van der Waals surface area contributed by atoms with Crippen LogP contribution in [0.4, 0.5) is 13.2 Å². The van der Waals surface area contributed by atoms with Crippen LogP contribution in [0.1, 0.15) is 19.8 Å². The second kappa shape index (κ2) is 6.94. The van der Waals surface area contributed by atoms with Crippen molar-refractivity contribution in [2.24, 2.45) is 5.92 Å². The maximum atomic E-state index is 11.9. The lowest BCUT2D eigenvalue weighted by molar-refractivity contribution is -0.138. The van der Waals surface area contributed by atoms with Crippen molar-refractivity contribution < 1.29 is 22.7 Å². The van der Waals surface area contributed by atoms with E-state index >= 15 is 0 Å². The van der Waals surface area contributed by atoms with Gasteiger partial charge in [0.2, 0.25) is 5.91 Å². The zero-order valence-electron chi connectivity index (χ0n) is 10.3. The number of alkyl halides is 3. The van der Waals surface area contributed by atoms with Gasteiger partial charge in [0.1, 0.15) is 6.54 Å². The molecule has 7 heteroatoms. The molecule has 1 aliphatic heterocycles. The molecule has 1 saturated heterocycles. The third-order valence-electron chi connectivity index (χ3n) is 3.04. The number of nitrogens with one attached hydrogen (secondary N) is 2. The minimum atomic E-state index is -4.36. The molecule has 1 unspecified atom stereocenters. The number of hydrogen-bond donors (Lipinski definition) is 2. The highest BCUT2D eigenvalue weighted by Gasteiger charge is 2.27. The lowest BCUT2D eigenvalue weighted by Crippen LogP contribution is -2.44. The lowest BCUT2D eigenvalue weighted by atomic mass is 9.93. The van der Waals surface area contributed by atoms with E-state index in [1.807, 2.05) is 12.2 Å². The van der Waals surface area contributed by atoms with Crippen LogP contribution < -0.4 is 10.6 Å². The molecule has 0 aromatic heterocycles. The standard InChI is InChI=1S/C11H19F3N2O2/c1-8(9-2-4-18-5-3-9)15-6-10(17)16-7-11(12,13)14/h8-9,15H,2-7H2,1H3,(H,16,17). The smallest absolute Gasteiger partial charge is 0.381 e. The monoisotopic (exact) mass is 268 g/mol. The van der Waals surface area contributed by atoms with Crippen molar-refractivity contribution in [3.05, 3.63) is 0 Å². The number of ether oxygens (including phenoxy) is 1. The minimum Gasteiger partial charge on any atom is -0.381 e. The Kier molecular flexibility index (Phi) is 5.87. The summed E-state index contributed by atoms with van der Waals surface area (Å²) in [6, 6.07) is 0.102. The van der Waals surface area contributed by atoms with E-state index in [9.17, 15) is 18.0 Å². The highest BCUT2D eigenvalue weighted by molar-refractivity contribution is 5.78. The van der Waals surface area contributed by atoms with Gasteiger partial charge in [-0.3, -0.25) is 4.79 Å². The molecule has 1 fully saturated rings. The number of halogens is 3. The summed E-state index contributed by atoms with van der Waals surface area (Å²) in [7, 11) is 0. The SMILES string of the molecule is CC(NCC(=O)NCC(F)(F)F)C1CCOCC1. The fraction of sp³-hybridized carbons (Fsp3) is 0.909.